The summed E-state index contributed by atoms with van der Waals surface area (Å²) >= 11 is 0. The molecule has 1 aromatic carbocycles. The zero-order valence-electron chi connectivity index (χ0n) is 10.6. The Morgan fingerprint density at radius 3 is 2.88 bits per heavy atom. The summed E-state index contributed by atoms with van der Waals surface area (Å²) in [6.45, 7) is 7.25. The molecule has 0 bridgehead atoms. The van der Waals surface area contributed by atoms with Crippen molar-refractivity contribution in [2.75, 3.05) is 13.1 Å². The Kier molecular flexibility index (Phi) is 4.18. The number of aromatic nitrogens is 1. The molecule has 3 N–H and O–H groups in total. The molecule has 92 valence electrons. The molecule has 0 aliphatic heterocycles. The van der Waals surface area contributed by atoms with Gasteiger partial charge in [0.1, 0.15) is 0 Å². The van der Waals surface area contributed by atoms with Crippen molar-refractivity contribution >= 4 is 10.9 Å². The van der Waals surface area contributed by atoms with Gasteiger partial charge in [-0.1, -0.05) is 32.0 Å². The molecule has 0 unspecified atom stereocenters. The smallest absolute Gasteiger partial charge is 0.0499 e. The van der Waals surface area contributed by atoms with E-state index in [4.69, 9.17) is 0 Å². The van der Waals surface area contributed by atoms with Crippen LogP contribution in [0.3, 0.4) is 0 Å². The third-order valence-corrected chi connectivity index (χ3v) is 2.84. The molecule has 1 heterocycles. The first-order chi connectivity index (χ1) is 8.27. The summed E-state index contributed by atoms with van der Waals surface area (Å²) in [5, 5.41) is 8.13. The molecular weight excluding hydrogens is 210 g/mol. The second kappa shape index (κ2) is 5.84. The summed E-state index contributed by atoms with van der Waals surface area (Å²) in [4.78, 5) is 3.29. The molecule has 0 radical (unpaired) electrons. The van der Waals surface area contributed by atoms with Gasteiger partial charge in [0, 0.05) is 37.4 Å². The largest absolute Gasteiger partial charge is 0.361 e. The number of fused-ring (bicyclic) bond motifs is 1. The standard InChI is InChI=1S/C14H21N3/c1-11(2)16-9-8-15-10-13-5-3-4-12-6-7-17-14(12)13/h3-7,11,15-17H,8-10H2,1-2H3. The topological polar surface area (TPSA) is 39.8 Å². The number of H-pyrrole nitrogens is 1. The molecule has 1 aromatic heterocycles. The molecule has 17 heavy (non-hydrogen) atoms. The lowest BCUT2D eigenvalue weighted by Crippen LogP contribution is -2.31. The number of hydrogen-bond donors (Lipinski definition) is 3. The summed E-state index contributed by atoms with van der Waals surface area (Å²) < 4.78 is 0. The summed E-state index contributed by atoms with van der Waals surface area (Å²) in [5.41, 5.74) is 2.58. The van der Waals surface area contributed by atoms with Gasteiger partial charge in [-0.3, -0.25) is 0 Å². The summed E-state index contributed by atoms with van der Waals surface area (Å²) in [6.07, 6.45) is 1.99. The van der Waals surface area contributed by atoms with Crippen molar-refractivity contribution in [3.63, 3.8) is 0 Å². The second-order valence-electron chi connectivity index (χ2n) is 4.64. The van der Waals surface area contributed by atoms with Gasteiger partial charge in [0.15, 0.2) is 0 Å². The third kappa shape index (κ3) is 3.32. The normalized spacial score (nSPS) is 11.5. The summed E-state index contributed by atoms with van der Waals surface area (Å²) in [6, 6.07) is 9.08. The maximum absolute atomic E-state index is 3.46. The Hall–Kier alpha value is -1.32. The van der Waals surface area contributed by atoms with E-state index in [2.05, 4.69) is 53.7 Å². The van der Waals surface area contributed by atoms with E-state index in [9.17, 15) is 0 Å². The molecule has 3 heteroatoms. The minimum Gasteiger partial charge on any atom is -0.361 e. The van der Waals surface area contributed by atoms with Crippen LogP contribution in [0.2, 0.25) is 0 Å². The first-order valence-electron chi connectivity index (χ1n) is 6.26. The third-order valence-electron chi connectivity index (χ3n) is 2.84. The second-order valence-corrected chi connectivity index (χ2v) is 4.64. The van der Waals surface area contributed by atoms with E-state index < -0.39 is 0 Å². The van der Waals surface area contributed by atoms with Crippen LogP contribution in [0, 0.1) is 0 Å². The maximum atomic E-state index is 3.46. The van der Waals surface area contributed by atoms with Gasteiger partial charge in [0.25, 0.3) is 0 Å². The highest BCUT2D eigenvalue weighted by atomic mass is 15.0. The molecule has 0 aliphatic carbocycles. The Morgan fingerprint density at radius 2 is 2.06 bits per heavy atom. The van der Waals surface area contributed by atoms with Crippen molar-refractivity contribution in [3.05, 3.63) is 36.0 Å². The van der Waals surface area contributed by atoms with Crippen LogP contribution in [0.15, 0.2) is 30.5 Å². The van der Waals surface area contributed by atoms with Crippen molar-refractivity contribution in [2.24, 2.45) is 0 Å². The van der Waals surface area contributed by atoms with Crippen molar-refractivity contribution in [3.8, 4) is 0 Å². The molecule has 0 saturated heterocycles. The quantitative estimate of drug-likeness (QED) is 0.667. The molecule has 0 amide bonds. The van der Waals surface area contributed by atoms with Crippen molar-refractivity contribution in [2.45, 2.75) is 26.4 Å². The van der Waals surface area contributed by atoms with Gasteiger partial charge in [-0.2, -0.15) is 0 Å². The fourth-order valence-electron chi connectivity index (χ4n) is 1.97. The number of benzene rings is 1. The summed E-state index contributed by atoms with van der Waals surface area (Å²) in [5.74, 6) is 0. The van der Waals surface area contributed by atoms with E-state index in [-0.39, 0.29) is 0 Å². The van der Waals surface area contributed by atoms with Crippen molar-refractivity contribution < 1.29 is 0 Å². The number of para-hydroxylation sites is 1. The van der Waals surface area contributed by atoms with Gasteiger partial charge in [0.2, 0.25) is 0 Å². The van der Waals surface area contributed by atoms with Gasteiger partial charge in [0.05, 0.1) is 0 Å². The van der Waals surface area contributed by atoms with Gasteiger partial charge in [-0.05, 0) is 17.0 Å². The fraction of sp³-hybridized carbons (Fsp3) is 0.429. The zero-order valence-corrected chi connectivity index (χ0v) is 10.6. The minimum absolute atomic E-state index is 0.559. The molecule has 0 saturated carbocycles. The zero-order chi connectivity index (χ0) is 12.1. The molecule has 0 aliphatic rings. The van der Waals surface area contributed by atoms with Gasteiger partial charge >= 0.3 is 0 Å². The molecule has 2 aromatic rings. The van der Waals surface area contributed by atoms with Crippen LogP contribution in [0.5, 0.6) is 0 Å². The predicted octanol–water partition coefficient (Wildman–Crippen LogP) is 2.26. The minimum atomic E-state index is 0.559. The Bertz CT molecular complexity index is 459. The van der Waals surface area contributed by atoms with E-state index in [1.807, 2.05) is 6.20 Å². The van der Waals surface area contributed by atoms with Crippen LogP contribution in [0.25, 0.3) is 10.9 Å². The average Bonchev–Trinajstić information content (AvgIpc) is 2.77. The Balaban J connectivity index is 1.84. The lowest BCUT2D eigenvalue weighted by molar-refractivity contribution is 0.556. The number of hydrogen-bond acceptors (Lipinski definition) is 2. The van der Waals surface area contributed by atoms with E-state index in [1.54, 1.807) is 0 Å². The van der Waals surface area contributed by atoms with E-state index >= 15 is 0 Å². The van der Waals surface area contributed by atoms with Crippen LogP contribution in [0.4, 0.5) is 0 Å². The number of nitrogens with one attached hydrogen (secondary N) is 3. The van der Waals surface area contributed by atoms with E-state index in [0.717, 1.165) is 19.6 Å². The Morgan fingerprint density at radius 1 is 1.18 bits per heavy atom. The maximum Gasteiger partial charge on any atom is 0.0499 e. The molecular formula is C14H21N3. The summed E-state index contributed by atoms with van der Waals surface area (Å²) in [7, 11) is 0. The highest BCUT2D eigenvalue weighted by Gasteiger charge is 2.00. The number of aromatic amines is 1. The fourth-order valence-corrected chi connectivity index (χ4v) is 1.97. The molecule has 0 atom stereocenters. The lowest BCUT2D eigenvalue weighted by Gasteiger charge is -2.09. The Labute approximate surface area is 103 Å². The first kappa shape index (κ1) is 12.1. The van der Waals surface area contributed by atoms with E-state index in [1.165, 1.54) is 16.5 Å². The van der Waals surface area contributed by atoms with Crippen LogP contribution < -0.4 is 10.6 Å². The van der Waals surface area contributed by atoms with Crippen LogP contribution >= 0.6 is 0 Å². The van der Waals surface area contributed by atoms with Gasteiger partial charge < -0.3 is 15.6 Å². The SMILES string of the molecule is CC(C)NCCNCc1cccc2cc[nH]c12. The molecule has 0 spiro atoms. The predicted molar refractivity (Wildman–Crippen MR) is 73.1 cm³/mol. The van der Waals surface area contributed by atoms with Crippen LogP contribution in [0.1, 0.15) is 19.4 Å². The van der Waals surface area contributed by atoms with E-state index in [0.29, 0.717) is 6.04 Å². The molecule has 0 fully saturated rings. The molecule has 2 rings (SSSR count). The van der Waals surface area contributed by atoms with Crippen LogP contribution in [-0.2, 0) is 6.54 Å². The lowest BCUT2D eigenvalue weighted by atomic mass is 10.1. The average molecular weight is 231 g/mol. The van der Waals surface area contributed by atoms with Gasteiger partial charge in [-0.25, -0.2) is 0 Å². The van der Waals surface area contributed by atoms with Crippen LogP contribution in [-0.4, -0.2) is 24.1 Å². The van der Waals surface area contributed by atoms with Crippen molar-refractivity contribution in [1.82, 2.24) is 15.6 Å². The highest BCUT2D eigenvalue weighted by Crippen LogP contribution is 2.16. The van der Waals surface area contributed by atoms with Gasteiger partial charge in [-0.15, -0.1) is 0 Å². The number of rotatable bonds is 6. The molecule has 3 nitrogen and oxygen atoms in total. The van der Waals surface area contributed by atoms with Crippen molar-refractivity contribution in [1.29, 1.82) is 0 Å². The monoisotopic (exact) mass is 231 g/mol. The first-order valence-corrected chi connectivity index (χ1v) is 6.26. The highest BCUT2D eigenvalue weighted by molar-refractivity contribution is 5.82.